The van der Waals surface area contributed by atoms with E-state index in [-0.39, 0.29) is 17.2 Å². The molecule has 8 heteroatoms. The third-order valence-electron chi connectivity index (χ3n) is 5.24. The van der Waals surface area contributed by atoms with Crippen molar-refractivity contribution in [3.8, 4) is 5.75 Å². The van der Waals surface area contributed by atoms with Crippen molar-refractivity contribution >= 4 is 29.3 Å². The van der Waals surface area contributed by atoms with Crippen molar-refractivity contribution in [2.45, 2.75) is 65.7 Å². The zero-order valence-corrected chi connectivity index (χ0v) is 20.3. The number of carbonyl (C=O) groups is 2. The average Bonchev–Trinajstić information content (AvgIpc) is 3.09. The Morgan fingerprint density at radius 3 is 2.67 bits per heavy atom. The molecule has 0 bridgehead atoms. The van der Waals surface area contributed by atoms with Crippen molar-refractivity contribution in [2.75, 3.05) is 0 Å². The second-order valence-corrected chi connectivity index (χ2v) is 9.22. The van der Waals surface area contributed by atoms with Gasteiger partial charge in [0.15, 0.2) is 5.78 Å². The number of aromatic hydroxyl groups is 1. The summed E-state index contributed by atoms with van der Waals surface area (Å²) < 4.78 is 5.35. The molecule has 2 aromatic rings. The maximum absolute atomic E-state index is 12.9. The summed E-state index contributed by atoms with van der Waals surface area (Å²) in [6.07, 6.45) is 7.89. The average molecular weight is 474 g/mol. The number of thiophene rings is 1. The summed E-state index contributed by atoms with van der Waals surface area (Å²) in [5, 5.41) is 21.1. The van der Waals surface area contributed by atoms with E-state index in [1.807, 2.05) is 13.8 Å². The van der Waals surface area contributed by atoms with E-state index in [1.165, 1.54) is 17.1 Å². The van der Waals surface area contributed by atoms with Crippen LogP contribution in [0.1, 0.15) is 83.8 Å². The van der Waals surface area contributed by atoms with Gasteiger partial charge in [-0.05, 0) is 62.8 Å². The fraction of sp³-hybridized carbons (Fsp3) is 0.400. The highest BCUT2D eigenvalue weighted by Crippen LogP contribution is 2.29. The lowest BCUT2D eigenvalue weighted by atomic mass is 9.99. The monoisotopic (exact) mass is 473 g/mol. The van der Waals surface area contributed by atoms with Gasteiger partial charge in [-0.2, -0.15) is 0 Å². The maximum Gasteiger partial charge on any atom is 0.408 e. The lowest BCUT2D eigenvalue weighted by molar-refractivity contribution is 0.102. The molecule has 33 heavy (non-hydrogen) atoms. The number of aryl methyl sites for hydroxylation is 2. The first-order chi connectivity index (χ1) is 15.6. The number of amides is 1. The van der Waals surface area contributed by atoms with Gasteiger partial charge in [0, 0.05) is 27.9 Å². The van der Waals surface area contributed by atoms with Gasteiger partial charge in [-0.15, -0.1) is 11.3 Å². The van der Waals surface area contributed by atoms with Crippen LogP contribution in [0.2, 0.25) is 0 Å². The molecule has 0 aromatic carbocycles. The molecular formula is C25H31NO6S. The smallest absolute Gasteiger partial charge is 0.408 e. The Labute approximate surface area is 197 Å². The number of hydrogen-bond donors (Lipinski definition) is 3. The Morgan fingerprint density at radius 1 is 1.30 bits per heavy atom. The van der Waals surface area contributed by atoms with Crippen LogP contribution in [0.25, 0.3) is 6.08 Å². The minimum absolute atomic E-state index is 0.214. The normalized spacial score (nSPS) is 12.8. The van der Waals surface area contributed by atoms with E-state index in [1.54, 1.807) is 30.4 Å². The molecule has 0 aliphatic carbocycles. The lowest BCUT2D eigenvalue weighted by Crippen LogP contribution is -2.16. The van der Waals surface area contributed by atoms with Crippen molar-refractivity contribution in [3.05, 3.63) is 67.0 Å². The van der Waals surface area contributed by atoms with Crippen LogP contribution < -0.4 is 10.9 Å². The van der Waals surface area contributed by atoms with Gasteiger partial charge in [0.25, 0.3) is 0 Å². The minimum atomic E-state index is -1.15. The van der Waals surface area contributed by atoms with Crippen LogP contribution in [-0.2, 0) is 6.42 Å². The molecule has 0 aliphatic heterocycles. The van der Waals surface area contributed by atoms with E-state index in [2.05, 4.69) is 18.3 Å². The topological polar surface area (TPSA) is 117 Å². The first-order valence-corrected chi connectivity index (χ1v) is 11.8. The van der Waals surface area contributed by atoms with Crippen LogP contribution in [-0.4, -0.2) is 22.1 Å². The van der Waals surface area contributed by atoms with Gasteiger partial charge in [-0.25, -0.2) is 9.59 Å². The molecule has 3 N–H and O–H groups in total. The number of hydrogen-bond acceptors (Lipinski definition) is 6. The Morgan fingerprint density at radius 2 is 2.03 bits per heavy atom. The zero-order valence-electron chi connectivity index (χ0n) is 19.4. The van der Waals surface area contributed by atoms with E-state index < -0.39 is 23.3 Å². The third-order valence-corrected chi connectivity index (χ3v) is 6.49. The number of unbranched alkanes of at least 4 members (excludes halogenated alkanes) is 1. The van der Waals surface area contributed by atoms with E-state index >= 15 is 0 Å². The van der Waals surface area contributed by atoms with Crippen molar-refractivity contribution < 1.29 is 24.2 Å². The van der Waals surface area contributed by atoms with Crippen molar-refractivity contribution in [2.24, 2.45) is 0 Å². The first kappa shape index (κ1) is 26.1. The Bertz CT molecular complexity index is 1110. The second kappa shape index (κ2) is 12.2. The van der Waals surface area contributed by atoms with Crippen LogP contribution in [0, 0.1) is 6.92 Å². The van der Waals surface area contributed by atoms with Crippen LogP contribution in [0.4, 0.5) is 4.79 Å². The number of carbonyl (C=O) groups excluding carboxylic acids is 1. The summed E-state index contributed by atoms with van der Waals surface area (Å²) in [6.45, 7) is 7.58. The molecule has 0 spiro atoms. The lowest BCUT2D eigenvalue weighted by Gasteiger charge is -2.11. The number of carboxylic acid groups (broad SMARTS) is 1. The molecule has 1 unspecified atom stereocenters. The summed E-state index contributed by atoms with van der Waals surface area (Å²) in [4.78, 5) is 38.1. The zero-order chi connectivity index (χ0) is 24.5. The minimum Gasteiger partial charge on any atom is -0.507 e. The molecule has 0 aliphatic rings. The standard InChI is InChI=1S/C25H31NO6S/c1-5-6-10-18-12-16(3)21(33-18)13-17(4)23(28)22-19(27)14-20(32-24(22)29)15(2)9-7-8-11-26-25(30)31/h8,11-15,26-27H,5-7,9-10H2,1-4H3,(H,30,31)/b11-8+,17-13+. The number of nitrogens with one attached hydrogen (secondary N) is 1. The van der Waals surface area contributed by atoms with E-state index in [9.17, 15) is 19.5 Å². The molecule has 1 amide bonds. The number of ketones is 1. The number of rotatable bonds is 11. The fourth-order valence-corrected chi connectivity index (χ4v) is 4.51. The highest BCUT2D eigenvalue weighted by molar-refractivity contribution is 7.13. The van der Waals surface area contributed by atoms with Crippen LogP contribution in [0.15, 0.2) is 39.2 Å². The highest BCUT2D eigenvalue weighted by Gasteiger charge is 2.22. The summed E-state index contributed by atoms with van der Waals surface area (Å²) in [6, 6.07) is 3.43. The third kappa shape index (κ3) is 7.46. The number of Topliss-reactive ketones (excluding diaryl/α,β-unsaturated/α-hetero) is 1. The van der Waals surface area contributed by atoms with Gasteiger partial charge >= 0.3 is 11.7 Å². The quantitative estimate of drug-likeness (QED) is 0.272. The Hall–Kier alpha value is -3.13. The maximum atomic E-state index is 12.9. The molecule has 0 fully saturated rings. The largest absolute Gasteiger partial charge is 0.507 e. The first-order valence-electron chi connectivity index (χ1n) is 11.0. The molecule has 178 valence electrons. The molecule has 0 saturated carbocycles. The molecule has 2 rings (SSSR count). The summed E-state index contributed by atoms with van der Waals surface area (Å²) in [7, 11) is 0. The van der Waals surface area contributed by atoms with Gasteiger partial charge in [-0.1, -0.05) is 26.3 Å². The van der Waals surface area contributed by atoms with Gasteiger partial charge in [0.2, 0.25) is 0 Å². The van der Waals surface area contributed by atoms with Crippen LogP contribution in [0.5, 0.6) is 5.75 Å². The highest BCUT2D eigenvalue weighted by atomic mass is 32.1. The van der Waals surface area contributed by atoms with Gasteiger partial charge < -0.3 is 14.6 Å². The van der Waals surface area contributed by atoms with Crippen molar-refractivity contribution in [3.63, 3.8) is 0 Å². The molecular weight excluding hydrogens is 442 g/mol. The second-order valence-electron chi connectivity index (χ2n) is 8.05. The molecule has 0 radical (unpaired) electrons. The number of allylic oxidation sites excluding steroid dienone is 2. The van der Waals surface area contributed by atoms with E-state index in [4.69, 9.17) is 9.52 Å². The molecule has 1 atom stereocenters. The van der Waals surface area contributed by atoms with Gasteiger partial charge in [0.1, 0.15) is 17.1 Å². The van der Waals surface area contributed by atoms with E-state index in [0.29, 0.717) is 18.4 Å². The van der Waals surface area contributed by atoms with Gasteiger partial charge in [0.05, 0.1) is 0 Å². The summed E-state index contributed by atoms with van der Waals surface area (Å²) in [5.74, 6) is -0.911. The van der Waals surface area contributed by atoms with E-state index in [0.717, 1.165) is 29.7 Å². The molecule has 2 aromatic heterocycles. The fourth-order valence-electron chi connectivity index (χ4n) is 3.29. The summed E-state index contributed by atoms with van der Waals surface area (Å²) in [5.41, 5.74) is 0.183. The predicted molar refractivity (Wildman–Crippen MR) is 130 cm³/mol. The Kier molecular flexibility index (Phi) is 9.66. The molecule has 7 nitrogen and oxygen atoms in total. The Balaban J connectivity index is 2.17. The van der Waals surface area contributed by atoms with Crippen LogP contribution >= 0.6 is 11.3 Å². The molecule has 0 saturated heterocycles. The predicted octanol–water partition coefficient (Wildman–Crippen LogP) is 6.01. The van der Waals surface area contributed by atoms with Gasteiger partial charge in [-0.3, -0.25) is 10.1 Å². The molecule has 2 heterocycles. The van der Waals surface area contributed by atoms with Crippen LogP contribution in [0.3, 0.4) is 0 Å². The van der Waals surface area contributed by atoms with Crippen molar-refractivity contribution in [1.29, 1.82) is 0 Å². The SMILES string of the molecule is CCCCc1cc(C)c(/C=C(\C)C(=O)c2c(O)cc(C(C)CC/C=C/NC(=O)O)oc2=O)s1. The summed E-state index contributed by atoms with van der Waals surface area (Å²) >= 11 is 1.63. The van der Waals surface area contributed by atoms with Crippen molar-refractivity contribution in [1.82, 2.24) is 5.32 Å².